The first-order chi connectivity index (χ1) is 22.4. The van der Waals surface area contributed by atoms with E-state index in [0.29, 0.717) is 30.5 Å². The molecular weight excluding hydrogens is 580 g/mol. The van der Waals surface area contributed by atoms with Crippen molar-refractivity contribution in [1.82, 2.24) is 5.48 Å². The van der Waals surface area contributed by atoms with Gasteiger partial charge in [0.1, 0.15) is 5.92 Å². The minimum atomic E-state index is -1.10. The van der Waals surface area contributed by atoms with E-state index in [4.69, 9.17) is 5.21 Å². The van der Waals surface area contributed by atoms with Crippen LogP contribution in [0.1, 0.15) is 97.9 Å². The predicted molar refractivity (Wildman–Crippen MR) is 179 cm³/mol. The van der Waals surface area contributed by atoms with Gasteiger partial charge in [0.25, 0.3) is 0 Å². The molecule has 5 rings (SSSR count). The molecule has 9 heteroatoms. The highest BCUT2D eigenvalue weighted by molar-refractivity contribution is 6.15. The molecular formula is C37H44N4O5. The van der Waals surface area contributed by atoms with Crippen molar-refractivity contribution < 1.29 is 24.4 Å². The Labute approximate surface area is 270 Å². The lowest BCUT2D eigenvalue weighted by atomic mass is 9.89. The van der Waals surface area contributed by atoms with Gasteiger partial charge in [0.05, 0.1) is 0 Å². The van der Waals surface area contributed by atoms with Crippen LogP contribution in [0.3, 0.4) is 0 Å². The van der Waals surface area contributed by atoms with Gasteiger partial charge in [-0.2, -0.15) is 0 Å². The maximum atomic E-state index is 14.0. The number of nitrogens with one attached hydrogen (secondary N) is 4. The molecule has 0 unspecified atom stereocenters. The zero-order chi connectivity index (χ0) is 32.3. The highest BCUT2D eigenvalue weighted by Gasteiger charge is 2.30. The Bertz CT molecular complexity index is 1480. The average Bonchev–Trinajstić information content (AvgIpc) is 3.07. The Kier molecular flexibility index (Phi) is 11.6. The number of unbranched alkanes of at least 4 members (excludes halogenated alkanes) is 3. The molecule has 3 aromatic carbocycles. The van der Waals surface area contributed by atoms with Gasteiger partial charge in [0, 0.05) is 29.9 Å². The first kappa shape index (κ1) is 32.9. The molecule has 2 aliphatic carbocycles. The number of aryl methyl sites for hydroxylation is 2. The van der Waals surface area contributed by atoms with E-state index in [1.807, 2.05) is 24.3 Å². The fourth-order valence-electron chi connectivity index (χ4n) is 6.59. The normalized spacial score (nSPS) is 13.7. The van der Waals surface area contributed by atoms with E-state index in [1.54, 1.807) is 29.7 Å². The molecule has 2 aliphatic rings. The number of hydrogen-bond acceptors (Lipinski definition) is 5. The number of hydrogen-bond donors (Lipinski definition) is 5. The van der Waals surface area contributed by atoms with Crippen molar-refractivity contribution in [2.75, 3.05) is 16.0 Å². The van der Waals surface area contributed by atoms with Gasteiger partial charge in [0.2, 0.25) is 23.6 Å². The van der Waals surface area contributed by atoms with Crippen molar-refractivity contribution in [3.63, 3.8) is 0 Å². The number of amides is 4. The van der Waals surface area contributed by atoms with Crippen LogP contribution in [0.15, 0.2) is 60.7 Å². The lowest BCUT2D eigenvalue weighted by molar-refractivity contribution is -0.129. The molecule has 0 bridgehead atoms. The highest BCUT2D eigenvalue weighted by atomic mass is 16.5. The van der Waals surface area contributed by atoms with Crippen molar-refractivity contribution >= 4 is 40.7 Å². The van der Waals surface area contributed by atoms with Crippen LogP contribution in [0.25, 0.3) is 0 Å². The molecule has 0 radical (unpaired) electrons. The Morgan fingerprint density at radius 3 is 1.61 bits per heavy atom. The second-order valence-corrected chi connectivity index (χ2v) is 12.3. The first-order valence-electron chi connectivity index (χ1n) is 16.6. The number of anilines is 3. The standard InChI is InChI=1S/C37H44N4O5/c42-33(19-3-1-2-4-20-34(43)41-46)38-28-23-21-27(22-24-28)35(36(44)39-31-17-9-13-25-11-5-7-15-29(25)31)37(45)40-32-18-10-14-26-12-6-8-16-30(26)32/h9-10,13-14,17-18,21-24,35,46H,1-8,11-12,15-16,19-20H2,(H,38,42)(H,39,44)(H,40,45)(H,41,43). The fourth-order valence-corrected chi connectivity index (χ4v) is 6.59. The monoisotopic (exact) mass is 624 g/mol. The zero-order valence-corrected chi connectivity index (χ0v) is 26.3. The number of carbonyl (C=O) groups excluding carboxylic acids is 4. The molecule has 0 aliphatic heterocycles. The lowest BCUT2D eigenvalue weighted by Gasteiger charge is -2.23. The summed E-state index contributed by atoms with van der Waals surface area (Å²) in [5.41, 5.74) is 9.05. The average molecular weight is 625 g/mol. The highest BCUT2D eigenvalue weighted by Crippen LogP contribution is 2.32. The number of hydroxylamine groups is 1. The summed E-state index contributed by atoms with van der Waals surface area (Å²) in [5.74, 6) is -2.42. The Morgan fingerprint density at radius 2 is 1.09 bits per heavy atom. The second-order valence-electron chi connectivity index (χ2n) is 12.3. The van der Waals surface area contributed by atoms with Gasteiger partial charge in [-0.3, -0.25) is 24.4 Å². The van der Waals surface area contributed by atoms with Gasteiger partial charge in [-0.25, -0.2) is 5.48 Å². The molecule has 5 N–H and O–H groups in total. The first-order valence-corrected chi connectivity index (χ1v) is 16.6. The molecule has 0 saturated carbocycles. The van der Waals surface area contributed by atoms with E-state index in [0.717, 1.165) is 86.7 Å². The number of fused-ring (bicyclic) bond motifs is 2. The largest absolute Gasteiger partial charge is 0.326 e. The number of benzene rings is 3. The van der Waals surface area contributed by atoms with Crippen molar-refractivity contribution in [3.8, 4) is 0 Å². The summed E-state index contributed by atoms with van der Waals surface area (Å²) in [6.07, 6.45) is 11.7. The summed E-state index contributed by atoms with van der Waals surface area (Å²) in [5, 5.41) is 17.6. The summed E-state index contributed by atoms with van der Waals surface area (Å²) in [7, 11) is 0. The molecule has 0 heterocycles. The summed E-state index contributed by atoms with van der Waals surface area (Å²) < 4.78 is 0. The van der Waals surface area contributed by atoms with E-state index in [1.165, 1.54) is 11.1 Å². The molecule has 46 heavy (non-hydrogen) atoms. The van der Waals surface area contributed by atoms with Gasteiger partial charge < -0.3 is 16.0 Å². The molecule has 4 amide bonds. The third-order valence-electron chi connectivity index (χ3n) is 9.04. The molecule has 0 aromatic heterocycles. The van der Waals surface area contributed by atoms with Crippen molar-refractivity contribution in [2.24, 2.45) is 0 Å². The summed E-state index contributed by atoms with van der Waals surface area (Å²) in [6.45, 7) is 0. The third-order valence-corrected chi connectivity index (χ3v) is 9.04. The topological polar surface area (TPSA) is 137 Å². The molecule has 0 spiro atoms. The van der Waals surface area contributed by atoms with Crippen LogP contribution >= 0.6 is 0 Å². The van der Waals surface area contributed by atoms with Crippen LogP contribution in [0, 0.1) is 0 Å². The van der Waals surface area contributed by atoms with Crippen LogP contribution in [0.2, 0.25) is 0 Å². The lowest BCUT2D eigenvalue weighted by Crippen LogP contribution is -2.33. The predicted octanol–water partition coefficient (Wildman–Crippen LogP) is 6.59. The van der Waals surface area contributed by atoms with Crippen molar-refractivity contribution in [3.05, 3.63) is 88.5 Å². The van der Waals surface area contributed by atoms with Crippen LogP contribution in [-0.4, -0.2) is 28.8 Å². The quantitative estimate of drug-likeness (QED) is 0.0633. The Hall–Kier alpha value is -4.50. The van der Waals surface area contributed by atoms with Crippen molar-refractivity contribution in [1.29, 1.82) is 0 Å². The summed E-state index contributed by atoms with van der Waals surface area (Å²) >= 11 is 0. The van der Waals surface area contributed by atoms with Crippen LogP contribution in [0.4, 0.5) is 17.1 Å². The second kappa shape index (κ2) is 16.2. The molecule has 0 atom stereocenters. The number of rotatable bonds is 13. The van der Waals surface area contributed by atoms with Gasteiger partial charge in [0.15, 0.2) is 0 Å². The van der Waals surface area contributed by atoms with E-state index in [2.05, 4.69) is 28.1 Å². The molecule has 9 nitrogen and oxygen atoms in total. The van der Waals surface area contributed by atoms with Crippen LogP contribution in [-0.2, 0) is 44.9 Å². The fraction of sp³-hybridized carbons (Fsp3) is 0.405. The van der Waals surface area contributed by atoms with Gasteiger partial charge in [-0.1, -0.05) is 49.2 Å². The van der Waals surface area contributed by atoms with Gasteiger partial charge >= 0.3 is 0 Å². The maximum Gasteiger partial charge on any atom is 0.243 e. The van der Waals surface area contributed by atoms with Crippen molar-refractivity contribution in [2.45, 2.75) is 95.8 Å². The van der Waals surface area contributed by atoms with E-state index in [-0.39, 0.29) is 12.3 Å². The molecule has 0 fully saturated rings. The van der Waals surface area contributed by atoms with E-state index < -0.39 is 23.6 Å². The van der Waals surface area contributed by atoms with Gasteiger partial charge in [-0.15, -0.1) is 0 Å². The number of carbonyl (C=O) groups is 4. The molecule has 0 saturated heterocycles. The van der Waals surface area contributed by atoms with Crippen LogP contribution < -0.4 is 21.4 Å². The smallest absolute Gasteiger partial charge is 0.243 e. The minimum absolute atomic E-state index is 0.129. The summed E-state index contributed by atoms with van der Waals surface area (Å²) in [6, 6.07) is 18.9. The van der Waals surface area contributed by atoms with E-state index in [9.17, 15) is 19.2 Å². The SMILES string of the molecule is O=C(CCCCCCC(=O)Nc1ccc(C(C(=O)Nc2cccc3c2CCCC3)C(=O)Nc2cccc3c2CCCC3)cc1)NO. The maximum absolute atomic E-state index is 14.0. The Morgan fingerprint density at radius 1 is 0.587 bits per heavy atom. The summed E-state index contributed by atoms with van der Waals surface area (Å²) in [4.78, 5) is 51.5. The molecule has 3 aromatic rings. The minimum Gasteiger partial charge on any atom is -0.326 e. The Balaban J connectivity index is 1.28. The van der Waals surface area contributed by atoms with E-state index >= 15 is 0 Å². The van der Waals surface area contributed by atoms with Crippen LogP contribution in [0.5, 0.6) is 0 Å². The third kappa shape index (κ3) is 8.60. The molecule has 242 valence electrons. The van der Waals surface area contributed by atoms with Gasteiger partial charge in [-0.05, 0) is 116 Å². The zero-order valence-electron chi connectivity index (χ0n) is 26.3.